The number of likely N-dealkylation sites (tertiary alicyclic amines) is 1. The van der Waals surface area contributed by atoms with Crippen LogP contribution in [0.15, 0.2) is 4.99 Å². The Balaban J connectivity index is 1.70. The summed E-state index contributed by atoms with van der Waals surface area (Å²) in [6.07, 6.45) is 12.6. The molecule has 0 radical (unpaired) electrons. The van der Waals surface area contributed by atoms with Crippen molar-refractivity contribution in [2.75, 3.05) is 39.4 Å². The predicted molar refractivity (Wildman–Crippen MR) is 101 cm³/mol. The molecule has 0 unspecified atom stereocenters. The van der Waals surface area contributed by atoms with Crippen molar-refractivity contribution in [1.29, 1.82) is 0 Å². The van der Waals surface area contributed by atoms with Crippen molar-refractivity contribution in [3.8, 4) is 0 Å². The molecule has 0 aromatic rings. The summed E-state index contributed by atoms with van der Waals surface area (Å²) in [5.74, 6) is 0.619. The van der Waals surface area contributed by atoms with E-state index in [-0.39, 0.29) is 5.54 Å². The van der Waals surface area contributed by atoms with Gasteiger partial charge in [0.15, 0.2) is 5.96 Å². The zero-order valence-corrected chi connectivity index (χ0v) is 15.7. The van der Waals surface area contributed by atoms with Crippen LogP contribution < -0.4 is 11.1 Å². The fourth-order valence-electron chi connectivity index (χ4n) is 3.93. The molecule has 0 atom stereocenters. The van der Waals surface area contributed by atoms with Crippen molar-refractivity contribution >= 4 is 5.96 Å². The number of rotatable bonds is 10. The third-order valence-electron chi connectivity index (χ3n) is 5.58. The molecule has 5 heteroatoms. The molecule has 0 saturated carbocycles. The lowest BCUT2D eigenvalue weighted by molar-refractivity contribution is -0.0138. The second-order valence-electron chi connectivity index (χ2n) is 7.43. The van der Waals surface area contributed by atoms with Gasteiger partial charge in [0.2, 0.25) is 0 Å². The summed E-state index contributed by atoms with van der Waals surface area (Å²) in [4.78, 5) is 7.34. The van der Waals surface area contributed by atoms with E-state index in [1.807, 2.05) is 0 Å². The van der Waals surface area contributed by atoms with Crippen LogP contribution in [0, 0.1) is 0 Å². The second kappa shape index (κ2) is 10.9. The Morgan fingerprint density at radius 1 is 1.08 bits per heavy atom. The largest absolute Gasteiger partial charge is 0.381 e. The molecule has 0 aromatic heterocycles. The number of nitrogens with zero attached hydrogens (tertiary/aromatic N) is 2. The molecule has 0 bridgehead atoms. The van der Waals surface area contributed by atoms with E-state index in [2.05, 4.69) is 17.1 Å². The Labute approximate surface area is 148 Å². The highest BCUT2D eigenvalue weighted by Crippen LogP contribution is 2.31. The number of unbranched alkanes of at least 4 members (excludes halogenated alkanes) is 5. The van der Waals surface area contributed by atoms with Crippen molar-refractivity contribution in [1.82, 2.24) is 10.2 Å². The quantitative estimate of drug-likeness (QED) is 0.365. The maximum Gasteiger partial charge on any atom is 0.188 e. The maximum absolute atomic E-state index is 6.10. The molecule has 3 N–H and O–H groups in total. The van der Waals surface area contributed by atoms with Gasteiger partial charge in [-0.3, -0.25) is 9.89 Å². The molecular formula is C19H38N4O. The smallest absolute Gasteiger partial charge is 0.188 e. The van der Waals surface area contributed by atoms with E-state index in [1.165, 1.54) is 64.5 Å². The van der Waals surface area contributed by atoms with E-state index >= 15 is 0 Å². The van der Waals surface area contributed by atoms with Gasteiger partial charge < -0.3 is 15.8 Å². The summed E-state index contributed by atoms with van der Waals surface area (Å²) in [5.41, 5.74) is 6.28. The molecular weight excluding hydrogens is 300 g/mol. The monoisotopic (exact) mass is 338 g/mol. The molecule has 24 heavy (non-hydrogen) atoms. The highest BCUT2D eigenvalue weighted by Gasteiger charge is 2.39. The van der Waals surface area contributed by atoms with E-state index in [0.717, 1.165) is 39.1 Å². The molecule has 5 nitrogen and oxygen atoms in total. The van der Waals surface area contributed by atoms with Gasteiger partial charge in [0, 0.05) is 25.3 Å². The zero-order chi connectivity index (χ0) is 17.1. The highest BCUT2D eigenvalue weighted by molar-refractivity contribution is 5.77. The summed E-state index contributed by atoms with van der Waals surface area (Å²) >= 11 is 0. The van der Waals surface area contributed by atoms with Crippen molar-refractivity contribution in [2.24, 2.45) is 10.7 Å². The molecule has 2 rings (SSSR count). The summed E-state index contributed by atoms with van der Waals surface area (Å²) in [6.45, 7) is 8.15. The Hall–Kier alpha value is -0.810. The van der Waals surface area contributed by atoms with E-state index in [4.69, 9.17) is 15.5 Å². The van der Waals surface area contributed by atoms with E-state index in [9.17, 15) is 0 Å². The normalized spacial score (nSPS) is 22.0. The second-order valence-corrected chi connectivity index (χ2v) is 7.43. The minimum atomic E-state index is 0.182. The third kappa shape index (κ3) is 6.25. The molecule has 2 heterocycles. The standard InChI is InChI=1S/C19H38N4O/c1-2-3-4-5-6-7-12-21-18(20)22-17-19(10-15-24-16-11-19)23-13-8-9-14-23/h2-17H2,1H3,(H3,20,21,22). The lowest BCUT2D eigenvalue weighted by atomic mass is 9.88. The molecule has 2 saturated heterocycles. The number of guanidine groups is 1. The number of ether oxygens (including phenoxy) is 1. The first kappa shape index (κ1) is 19.5. The van der Waals surface area contributed by atoms with Gasteiger partial charge >= 0.3 is 0 Å². The van der Waals surface area contributed by atoms with Crippen LogP contribution in [0.3, 0.4) is 0 Å². The van der Waals surface area contributed by atoms with E-state index < -0.39 is 0 Å². The van der Waals surface area contributed by atoms with Crippen LogP contribution in [0.4, 0.5) is 0 Å². The minimum Gasteiger partial charge on any atom is -0.381 e. The number of hydrogen-bond acceptors (Lipinski definition) is 3. The minimum absolute atomic E-state index is 0.182. The van der Waals surface area contributed by atoms with E-state index in [0.29, 0.717) is 5.96 Å². The number of hydrogen-bond donors (Lipinski definition) is 2. The van der Waals surface area contributed by atoms with Crippen molar-refractivity contribution in [2.45, 2.75) is 76.7 Å². The molecule has 0 spiro atoms. The number of aliphatic imine (C=N–C) groups is 1. The molecule has 140 valence electrons. The lowest BCUT2D eigenvalue weighted by Crippen LogP contribution is -2.53. The summed E-state index contributed by atoms with van der Waals surface area (Å²) in [5, 5.41) is 3.30. The van der Waals surface area contributed by atoms with Crippen LogP contribution in [0.2, 0.25) is 0 Å². The van der Waals surface area contributed by atoms with Crippen LogP contribution >= 0.6 is 0 Å². The van der Waals surface area contributed by atoms with Gasteiger partial charge in [-0.05, 0) is 45.2 Å². The zero-order valence-electron chi connectivity index (χ0n) is 15.7. The number of nitrogens with two attached hydrogens (primary N) is 1. The summed E-state index contributed by atoms with van der Waals surface area (Å²) in [7, 11) is 0. The van der Waals surface area contributed by atoms with Crippen LogP contribution in [0.25, 0.3) is 0 Å². The van der Waals surface area contributed by atoms with E-state index in [1.54, 1.807) is 0 Å². The molecule has 2 aliphatic rings. The topological polar surface area (TPSA) is 62.9 Å². The van der Waals surface area contributed by atoms with Gasteiger partial charge in [0.25, 0.3) is 0 Å². The molecule has 0 aromatic carbocycles. The van der Waals surface area contributed by atoms with Gasteiger partial charge in [-0.1, -0.05) is 39.0 Å². The first-order valence-corrected chi connectivity index (χ1v) is 10.1. The van der Waals surface area contributed by atoms with Gasteiger partial charge in [-0.15, -0.1) is 0 Å². The highest BCUT2D eigenvalue weighted by atomic mass is 16.5. The van der Waals surface area contributed by atoms with Crippen molar-refractivity contribution in [3.05, 3.63) is 0 Å². The lowest BCUT2D eigenvalue weighted by Gasteiger charge is -2.43. The fourth-order valence-corrected chi connectivity index (χ4v) is 3.93. The average molecular weight is 339 g/mol. The molecule has 0 aliphatic carbocycles. The first-order chi connectivity index (χ1) is 11.8. The van der Waals surface area contributed by atoms with Crippen molar-refractivity contribution in [3.63, 3.8) is 0 Å². The molecule has 0 amide bonds. The SMILES string of the molecule is CCCCCCCCNC(N)=NCC1(N2CCCC2)CCOCC1. The molecule has 2 aliphatic heterocycles. The fraction of sp³-hybridized carbons (Fsp3) is 0.947. The van der Waals surface area contributed by atoms with Crippen LogP contribution in [0.1, 0.15) is 71.1 Å². The Bertz CT molecular complexity index is 360. The van der Waals surface area contributed by atoms with Gasteiger partial charge in [-0.25, -0.2) is 0 Å². The van der Waals surface area contributed by atoms with Crippen LogP contribution in [-0.2, 0) is 4.74 Å². The van der Waals surface area contributed by atoms with Crippen molar-refractivity contribution < 1.29 is 4.74 Å². The average Bonchev–Trinajstić information content (AvgIpc) is 3.15. The third-order valence-corrected chi connectivity index (χ3v) is 5.58. The Morgan fingerprint density at radius 3 is 2.46 bits per heavy atom. The summed E-state index contributed by atoms with van der Waals surface area (Å²) in [6, 6.07) is 0. The summed E-state index contributed by atoms with van der Waals surface area (Å²) < 4.78 is 5.59. The van der Waals surface area contributed by atoms with Gasteiger partial charge in [0.05, 0.1) is 6.54 Å². The maximum atomic E-state index is 6.10. The predicted octanol–water partition coefficient (Wildman–Crippen LogP) is 2.90. The van der Waals surface area contributed by atoms with Gasteiger partial charge in [-0.2, -0.15) is 0 Å². The Morgan fingerprint density at radius 2 is 1.75 bits per heavy atom. The number of nitrogens with one attached hydrogen (secondary N) is 1. The Kier molecular flexibility index (Phi) is 8.89. The van der Waals surface area contributed by atoms with Gasteiger partial charge in [0.1, 0.15) is 0 Å². The van der Waals surface area contributed by atoms with Crippen LogP contribution in [-0.4, -0.2) is 55.8 Å². The first-order valence-electron chi connectivity index (χ1n) is 10.1. The molecule has 2 fully saturated rings. The van der Waals surface area contributed by atoms with Crippen LogP contribution in [0.5, 0.6) is 0 Å².